The van der Waals surface area contributed by atoms with Crippen molar-refractivity contribution in [2.75, 3.05) is 26.9 Å². The van der Waals surface area contributed by atoms with Gasteiger partial charge in [0.05, 0.1) is 11.1 Å². The number of rotatable bonds is 6. The van der Waals surface area contributed by atoms with Crippen LogP contribution in [-0.2, 0) is 22.9 Å². The highest BCUT2D eigenvalue weighted by atomic mass is 19.1. The smallest absolute Gasteiger partial charge is 0.125 e. The SMILES string of the molecule is COC1(C(C)NCCc2cn(C)c3cc(F)ccc23)CCOCC1. The van der Waals surface area contributed by atoms with Gasteiger partial charge in [0.25, 0.3) is 0 Å². The standard InChI is InChI=1S/C19H27FN2O2/c1-14(19(23-3)7-10-24-11-8-19)21-9-6-15-13-22(2)18-12-16(20)4-5-17(15)18/h4-5,12-14,21H,6-11H2,1-3H3. The minimum absolute atomic E-state index is 0.139. The average Bonchev–Trinajstić information content (AvgIpc) is 2.91. The lowest BCUT2D eigenvalue weighted by Gasteiger charge is -2.41. The number of halogens is 1. The number of benzene rings is 1. The Morgan fingerprint density at radius 2 is 2.12 bits per heavy atom. The van der Waals surface area contributed by atoms with Crippen LogP contribution in [-0.4, -0.2) is 43.1 Å². The molecule has 2 aromatic rings. The van der Waals surface area contributed by atoms with Crippen LogP contribution in [0.1, 0.15) is 25.3 Å². The van der Waals surface area contributed by atoms with Crippen LogP contribution in [0, 0.1) is 5.82 Å². The van der Waals surface area contributed by atoms with Crippen LogP contribution in [0.15, 0.2) is 24.4 Å². The van der Waals surface area contributed by atoms with Gasteiger partial charge in [0.15, 0.2) is 0 Å². The molecule has 132 valence electrons. The van der Waals surface area contributed by atoms with Gasteiger partial charge >= 0.3 is 0 Å². The Bertz CT molecular complexity index is 692. The van der Waals surface area contributed by atoms with E-state index in [1.54, 1.807) is 13.2 Å². The van der Waals surface area contributed by atoms with Crippen LogP contribution in [0.5, 0.6) is 0 Å². The second-order valence-electron chi connectivity index (χ2n) is 6.73. The van der Waals surface area contributed by atoms with Crippen LogP contribution in [0.3, 0.4) is 0 Å². The van der Waals surface area contributed by atoms with Crippen molar-refractivity contribution in [3.8, 4) is 0 Å². The number of aryl methyl sites for hydroxylation is 1. The normalized spacial score (nSPS) is 18.8. The molecule has 1 unspecified atom stereocenters. The fourth-order valence-corrected chi connectivity index (χ4v) is 3.78. The second kappa shape index (κ2) is 7.21. The minimum atomic E-state index is -0.191. The number of hydrogen-bond donors (Lipinski definition) is 1. The molecule has 1 aliphatic rings. The Kier molecular flexibility index (Phi) is 5.23. The summed E-state index contributed by atoms with van der Waals surface area (Å²) in [6.45, 7) is 4.57. The molecule has 0 saturated carbocycles. The highest BCUT2D eigenvalue weighted by Crippen LogP contribution is 2.28. The molecule has 24 heavy (non-hydrogen) atoms. The van der Waals surface area contributed by atoms with Crippen molar-refractivity contribution in [2.45, 2.75) is 37.8 Å². The molecule has 0 radical (unpaired) electrons. The van der Waals surface area contributed by atoms with Crippen LogP contribution in [0.25, 0.3) is 10.9 Å². The molecule has 0 amide bonds. The lowest BCUT2D eigenvalue weighted by molar-refractivity contribution is -0.107. The molecule has 1 fully saturated rings. The Balaban J connectivity index is 1.64. The third-order valence-corrected chi connectivity index (χ3v) is 5.41. The van der Waals surface area contributed by atoms with Crippen LogP contribution in [0.2, 0.25) is 0 Å². The van der Waals surface area contributed by atoms with E-state index in [-0.39, 0.29) is 17.5 Å². The zero-order chi connectivity index (χ0) is 17.2. The zero-order valence-electron chi connectivity index (χ0n) is 14.8. The first-order valence-corrected chi connectivity index (χ1v) is 8.65. The van der Waals surface area contributed by atoms with E-state index < -0.39 is 0 Å². The number of ether oxygens (including phenoxy) is 2. The summed E-state index contributed by atoms with van der Waals surface area (Å²) in [5.41, 5.74) is 2.04. The van der Waals surface area contributed by atoms with Crippen molar-refractivity contribution < 1.29 is 13.9 Å². The van der Waals surface area contributed by atoms with E-state index in [4.69, 9.17) is 9.47 Å². The van der Waals surface area contributed by atoms with E-state index in [1.165, 1.54) is 11.6 Å². The van der Waals surface area contributed by atoms with Crippen molar-refractivity contribution in [3.05, 3.63) is 35.8 Å². The predicted octanol–water partition coefficient (Wildman–Crippen LogP) is 3.03. The zero-order valence-corrected chi connectivity index (χ0v) is 14.8. The molecule has 2 heterocycles. The molecule has 0 aliphatic carbocycles. The monoisotopic (exact) mass is 334 g/mol. The highest BCUT2D eigenvalue weighted by Gasteiger charge is 2.37. The summed E-state index contributed by atoms with van der Waals surface area (Å²) in [4.78, 5) is 0. The van der Waals surface area contributed by atoms with E-state index >= 15 is 0 Å². The second-order valence-corrected chi connectivity index (χ2v) is 6.73. The van der Waals surface area contributed by atoms with E-state index in [9.17, 15) is 4.39 Å². The Labute approximate surface area is 142 Å². The van der Waals surface area contributed by atoms with Gasteiger partial charge in [0.2, 0.25) is 0 Å². The fraction of sp³-hybridized carbons (Fsp3) is 0.579. The lowest BCUT2D eigenvalue weighted by Crippen LogP contribution is -2.53. The molecule has 1 aliphatic heterocycles. The summed E-state index contributed by atoms with van der Waals surface area (Å²) < 4.78 is 26.7. The molecular weight excluding hydrogens is 307 g/mol. The Morgan fingerprint density at radius 3 is 2.83 bits per heavy atom. The van der Waals surface area contributed by atoms with Crippen molar-refractivity contribution in [1.82, 2.24) is 9.88 Å². The van der Waals surface area contributed by atoms with Crippen LogP contribution < -0.4 is 5.32 Å². The summed E-state index contributed by atoms with van der Waals surface area (Å²) in [6.07, 6.45) is 4.84. The molecule has 1 aromatic carbocycles. The van der Waals surface area contributed by atoms with Crippen molar-refractivity contribution in [1.29, 1.82) is 0 Å². The quantitative estimate of drug-likeness (QED) is 0.882. The van der Waals surface area contributed by atoms with Gasteiger partial charge in [-0.25, -0.2) is 4.39 Å². The summed E-state index contributed by atoms with van der Waals surface area (Å²) in [6, 6.07) is 5.26. The molecule has 1 atom stereocenters. The number of aromatic nitrogens is 1. The topological polar surface area (TPSA) is 35.4 Å². The average molecular weight is 334 g/mol. The minimum Gasteiger partial charge on any atom is -0.381 e. The van der Waals surface area contributed by atoms with Gasteiger partial charge in [0, 0.05) is 57.8 Å². The third-order valence-electron chi connectivity index (χ3n) is 5.41. The number of nitrogens with one attached hydrogen (secondary N) is 1. The Morgan fingerprint density at radius 1 is 1.38 bits per heavy atom. The van der Waals surface area contributed by atoms with Crippen LogP contribution >= 0.6 is 0 Å². The van der Waals surface area contributed by atoms with E-state index in [0.717, 1.165) is 49.9 Å². The molecule has 1 aromatic heterocycles. The molecular formula is C19H27FN2O2. The van der Waals surface area contributed by atoms with Crippen molar-refractivity contribution in [2.24, 2.45) is 7.05 Å². The maximum Gasteiger partial charge on any atom is 0.125 e. The molecule has 3 rings (SSSR count). The van der Waals surface area contributed by atoms with Gasteiger partial charge in [-0.2, -0.15) is 0 Å². The largest absolute Gasteiger partial charge is 0.381 e. The van der Waals surface area contributed by atoms with E-state index in [0.29, 0.717) is 0 Å². The van der Waals surface area contributed by atoms with Gasteiger partial charge in [-0.15, -0.1) is 0 Å². The highest BCUT2D eigenvalue weighted by molar-refractivity contribution is 5.84. The third kappa shape index (κ3) is 3.34. The fourth-order valence-electron chi connectivity index (χ4n) is 3.78. The maximum atomic E-state index is 13.4. The number of fused-ring (bicyclic) bond motifs is 1. The molecule has 4 nitrogen and oxygen atoms in total. The number of nitrogens with zero attached hydrogens (tertiary/aromatic N) is 1. The van der Waals surface area contributed by atoms with E-state index in [1.807, 2.05) is 17.7 Å². The first-order chi connectivity index (χ1) is 11.6. The van der Waals surface area contributed by atoms with Gasteiger partial charge in [0.1, 0.15) is 5.82 Å². The number of methoxy groups -OCH3 is 1. The van der Waals surface area contributed by atoms with Crippen molar-refractivity contribution in [3.63, 3.8) is 0 Å². The van der Waals surface area contributed by atoms with E-state index in [2.05, 4.69) is 18.4 Å². The lowest BCUT2D eigenvalue weighted by atomic mass is 9.87. The molecule has 1 N–H and O–H groups in total. The predicted molar refractivity (Wildman–Crippen MR) is 93.8 cm³/mol. The molecule has 0 spiro atoms. The van der Waals surface area contributed by atoms with Crippen molar-refractivity contribution >= 4 is 10.9 Å². The molecule has 1 saturated heterocycles. The number of hydrogen-bond acceptors (Lipinski definition) is 3. The summed E-state index contributed by atoms with van der Waals surface area (Å²) in [5, 5.41) is 4.74. The van der Waals surface area contributed by atoms with Gasteiger partial charge in [-0.05, 0) is 43.7 Å². The Hall–Kier alpha value is -1.43. The van der Waals surface area contributed by atoms with Gasteiger partial charge in [-0.3, -0.25) is 0 Å². The maximum absolute atomic E-state index is 13.4. The summed E-state index contributed by atoms with van der Waals surface area (Å²) in [7, 11) is 3.76. The van der Waals surface area contributed by atoms with Crippen LogP contribution in [0.4, 0.5) is 4.39 Å². The summed E-state index contributed by atoms with van der Waals surface area (Å²) in [5.74, 6) is -0.191. The van der Waals surface area contributed by atoms with Gasteiger partial charge < -0.3 is 19.4 Å². The molecule has 0 bridgehead atoms. The van der Waals surface area contributed by atoms with Gasteiger partial charge in [-0.1, -0.05) is 0 Å². The summed E-state index contributed by atoms with van der Waals surface area (Å²) >= 11 is 0. The first kappa shape index (κ1) is 17.4. The first-order valence-electron chi connectivity index (χ1n) is 8.65. The molecule has 5 heteroatoms.